The van der Waals surface area contributed by atoms with E-state index in [1.807, 2.05) is 6.07 Å². The standard InChI is InChI=1S/C19H35GeNO/c1-5-8-13-20(14-9-6-2,15-10-7-3)18-16-17(22-4)11-12-19(18)21/h11-12,16H,5-10,13-15,21H2,1-4H3. The Hall–Kier alpha value is -0.637. The van der Waals surface area contributed by atoms with E-state index < -0.39 is 13.3 Å². The summed E-state index contributed by atoms with van der Waals surface area (Å²) in [5.41, 5.74) is 7.45. The van der Waals surface area contributed by atoms with Crippen LogP contribution in [0.15, 0.2) is 18.2 Å². The molecule has 2 N–H and O–H groups in total. The second kappa shape index (κ2) is 10.2. The van der Waals surface area contributed by atoms with Gasteiger partial charge in [0.2, 0.25) is 0 Å². The number of unbranched alkanes of at least 4 members (excludes halogenated alkanes) is 3. The number of nitrogens with two attached hydrogens (primary N) is 1. The maximum absolute atomic E-state index is 6.44. The van der Waals surface area contributed by atoms with Gasteiger partial charge in [-0.2, -0.15) is 0 Å². The van der Waals surface area contributed by atoms with E-state index in [2.05, 4.69) is 32.9 Å². The van der Waals surface area contributed by atoms with Crippen LogP contribution >= 0.6 is 0 Å². The average molecular weight is 366 g/mol. The molecular weight excluding hydrogens is 331 g/mol. The number of nitrogen functional groups attached to an aromatic ring is 1. The summed E-state index contributed by atoms with van der Waals surface area (Å²) in [7, 11) is 1.76. The fraction of sp³-hybridized carbons (Fsp3) is 0.684. The van der Waals surface area contributed by atoms with Gasteiger partial charge in [-0.3, -0.25) is 0 Å². The molecule has 0 fully saturated rings. The van der Waals surface area contributed by atoms with Gasteiger partial charge in [-0.25, -0.2) is 0 Å². The van der Waals surface area contributed by atoms with Gasteiger partial charge >= 0.3 is 140 Å². The van der Waals surface area contributed by atoms with Crippen LogP contribution in [0.5, 0.6) is 5.75 Å². The molecule has 0 aliphatic carbocycles. The molecular formula is C19H35GeNO. The number of hydrogen-bond acceptors (Lipinski definition) is 2. The van der Waals surface area contributed by atoms with E-state index in [1.54, 1.807) is 7.11 Å². The molecule has 0 aromatic heterocycles. The van der Waals surface area contributed by atoms with Crippen LogP contribution in [-0.4, -0.2) is 20.4 Å². The van der Waals surface area contributed by atoms with Gasteiger partial charge < -0.3 is 0 Å². The molecule has 0 unspecified atom stereocenters. The Kier molecular flexibility index (Phi) is 9.00. The quantitative estimate of drug-likeness (QED) is 0.424. The first-order valence-corrected chi connectivity index (χ1v) is 14.6. The Morgan fingerprint density at radius 3 is 1.82 bits per heavy atom. The van der Waals surface area contributed by atoms with E-state index >= 15 is 0 Å². The third kappa shape index (κ3) is 5.22. The second-order valence-corrected chi connectivity index (χ2v) is 16.2. The van der Waals surface area contributed by atoms with E-state index in [0.29, 0.717) is 0 Å². The van der Waals surface area contributed by atoms with Crippen LogP contribution in [0.1, 0.15) is 59.3 Å². The van der Waals surface area contributed by atoms with Crippen molar-refractivity contribution in [2.24, 2.45) is 0 Å². The Bertz CT molecular complexity index is 412. The first-order chi connectivity index (χ1) is 10.6. The van der Waals surface area contributed by atoms with Crippen molar-refractivity contribution >= 4 is 23.3 Å². The number of benzene rings is 1. The number of methoxy groups -OCH3 is 1. The van der Waals surface area contributed by atoms with E-state index in [0.717, 1.165) is 11.4 Å². The molecule has 0 heterocycles. The predicted molar refractivity (Wildman–Crippen MR) is 102 cm³/mol. The van der Waals surface area contributed by atoms with Crippen LogP contribution < -0.4 is 14.9 Å². The molecule has 0 bridgehead atoms. The van der Waals surface area contributed by atoms with Crippen molar-refractivity contribution in [3.63, 3.8) is 0 Å². The third-order valence-electron chi connectivity index (χ3n) is 4.86. The molecule has 2 nitrogen and oxygen atoms in total. The molecule has 0 spiro atoms. The average Bonchev–Trinajstić information content (AvgIpc) is 2.55. The number of hydrogen-bond donors (Lipinski definition) is 1. The Balaban J connectivity index is 3.23. The molecule has 126 valence electrons. The van der Waals surface area contributed by atoms with E-state index in [4.69, 9.17) is 10.5 Å². The summed E-state index contributed by atoms with van der Waals surface area (Å²) in [6.07, 6.45) is 7.91. The Labute approximate surface area is 140 Å². The number of anilines is 1. The minimum absolute atomic E-state index is 0.976. The molecule has 0 saturated carbocycles. The first kappa shape index (κ1) is 19.4. The zero-order valence-electron chi connectivity index (χ0n) is 15.1. The summed E-state index contributed by atoms with van der Waals surface area (Å²) in [5, 5.41) is 4.27. The SMILES string of the molecule is CCC[CH2][Ge]([CH2]CCC)([CH2]CCC)[c]1cc(OC)ccc1N. The summed E-state index contributed by atoms with van der Waals surface area (Å²) in [6.45, 7) is 6.92. The van der Waals surface area contributed by atoms with Crippen LogP contribution in [0, 0.1) is 0 Å². The molecule has 1 aromatic rings. The molecule has 0 amide bonds. The molecule has 0 saturated heterocycles. The number of ether oxygens (including phenoxy) is 1. The molecule has 0 aliphatic rings. The summed E-state index contributed by atoms with van der Waals surface area (Å²) in [6, 6.07) is 6.35. The molecule has 3 heteroatoms. The summed E-state index contributed by atoms with van der Waals surface area (Å²) in [5.74, 6) is 0.976. The zero-order chi connectivity index (χ0) is 16.4. The van der Waals surface area contributed by atoms with Crippen molar-refractivity contribution in [2.45, 2.75) is 75.1 Å². The monoisotopic (exact) mass is 367 g/mol. The van der Waals surface area contributed by atoms with Crippen molar-refractivity contribution in [3.05, 3.63) is 18.2 Å². The van der Waals surface area contributed by atoms with Crippen LogP contribution in [0.4, 0.5) is 5.69 Å². The van der Waals surface area contributed by atoms with Crippen LogP contribution in [0.25, 0.3) is 0 Å². The normalized spacial score (nSPS) is 11.6. The second-order valence-electron chi connectivity index (χ2n) is 6.54. The molecule has 0 atom stereocenters. The molecule has 0 radical (unpaired) electrons. The van der Waals surface area contributed by atoms with Crippen LogP contribution in [0.3, 0.4) is 0 Å². The van der Waals surface area contributed by atoms with Crippen LogP contribution in [-0.2, 0) is 0 Å². The van der Waals surface area contributed by atoms with Gasteiger partial charge in [0.25, 0.3) is 0 Å². The van der Waals surface area contributed by atoms with E-state index in [9.17, 15) is 0 Å². The third-order valence-corrected chi connectivity index (χ3v) is 16.4. The van der Waals surface area contributed by atoms with Crippen molar-refractivity contribution in [3.8, 4) is 5.75 Å². The fourth-order valence-corrected chi connectivity index (χ4v) is 15.6. The van der Waals surface area contributed by atoms with Crippen LogP contribution in [0.2, 0.25) is 15.8 Å². The van der Waals surface area contributed by atoms with Crippen molar-refractivity contribution < 1.29 is 4.74 Å². The summed E-state index contributed by atoms with van der Waals surface area (Å²) >= 11 is -2.15. The molecule has 1 aromatic carbocycles. The summed E-state index contributed by atoms with van der Waals surface area (Å²) in [4.78, 5) is 0. The molecule has 0 aliphatic heterocycles. The van der Waals surface area contributed by atoms with Gasteiger partial charge in [-0.05, 0) is 0 Å². The van der Waals surface area contributed by atoms with E-state index in [-0.39, 0.29) is 0 Å². The van der Waals surface area contributed by atoms with Crippen molar-refractivity contribution in [1.82, 2.24) is 0 Å². The zero-order valence-corrected chi connectivity index (χ0v) is 17.2. The maximum atomic E-state index is 6.44. The molecule has 22 heavy (non-hydrogen) atoms. The minimum atomic E-state index is -2.15. The van der Waals surface area contributed by atoms with Crippen molar-refractivity contribution in [1.29, 1.82) is 0 Å². The van der Waals surface area contributed by atoms with Gasteiger partial charge in [0.1, 0.15) is 0 Å². The van der Waals surface area contributed by atoms with E-state index in [1.165, 1.54) is 58.7 Å². The first-order valence-electron chi connectivity index (χ1n) is 9.07. The van der Waals surface area contributed by atoms with Gasteiger partial charge in [0, 0.05) is 0 Å². The summed E-state index contributed by atoms with van der Waals surface area (Å²) < 4.78 is 7.00. The van der Waals surface area contributed by atoms with Crippen molar-refractivity contribution in [2.75, 3.05) is 12.8 Å². The fourth-order valence-electron chi connectivity index (χ4n) is 3.45. The van der Waals surface area contributed by atoms with Gasteiger partial charge in [-0.15, -0.1) is 0 Å². The van der Waals surface area contributed by atoms with Gasteiger partial charge in [0.05, 0.1) is 0 Å². The Morgan fingerprint density at radius 1 is 0.909 bits per heavy atom. The molecule has 1 rings (SSSR count). The topological polar surface area (TPSA) is 35.2 Å². The van der Waals surface area contributed by atoms with Gasteiger partial charge in [0.15, 0.2) is 0 Å². The van der Waals surface area contributed by atoms with Gasteiger partial charge in [-0.1, -0.05) is 0 Å². The number of rotatable bonds is 11. The predicted octanol–water partition coefficient (Wildman–Crippen LogP) is 5.33. The Morgan fingerprint density at radius 2 is 1.41 bits per heavy atom.